The number of nitrogen functional groups attached to an aromatic ring is 1. The number of aryl methyl sites for hydroxylation is 1. The monoisotopic (exact) mass is 211 g/mol. The van der Waals surface area contributed by atoms with Gasteiger partial charge >= 0.3 is 12.0 Å². The zero-order valence-electron chi connectivity index (χ0n) is 7.08. The third-order valence-electron chi connectivity index (χ3n) is 1.69. The van der Waals surface area contributed by atoms with E-state index in [1.54, 1.807) is 0 Å². The van der Waals surface area contributed by atoms with Gasteiger partial charge in [0.25, 0.3) is 0 Å². The van der Waals surface area contributed by atoms with Gasteiger partial charge in [-0.3, -0.25) is 4.68 Å². The first-order chi connectivity index (χ1) is 6.18. The molecule has 80 valence electrons. The highest BCUT2D eigenvalue weighted by molar-refractivity contribution is 5.43. The van der Waals surface area contributed by atoms with Crippen LogP contribution in [-0.4, -0.2) is 26.2 Å². The Balaban J connectivity index is 3.29. The second-order valence-electron chi connectivity index (χ2n) is 2.74. The van der Waals surface area contributed by atoms with E-state index in [9.17, 15) is 13.2 Å². The molecule has 4 N–H and O–H groups in total. The van der Waals surface area contributed by atoms with Gasteiger partial charge in [-0.15, -0.1) is 0 Å². The average molecular weight is 211 g/mol. The topological polar surface area (TPSA) is 84.3 Å². The maximum atomic E-state index is 12.2. The number of nitrogens with two attached hydrogens (primary N) is 1. The summed E-state index contributed by atoms with van der Waals surface area (Å²) in [4.78, 5) is 0. The molecule has 0 aliphatic heterocycles. The zero-order chi connectivity index (χ0) is 11.1. The Morgan fingerprint density at radius 2 is 1.93 bits per heavy atom. The van der Waals surface area contributed by atoms with Gasteiger partial charge in [0, 0.05) is 7.05 Å². The molecule has 1 rings (SSSR count). The molecule has 1 heterocycles. The van der Waals surface area contributed by atoms with Crippen molar-refractivity contribution in [2.24, 2.45) is 7.05 Å². The number of hydrogen-bond donors (Lipinski definition) is 3. The fraction of sp³-hybridized carbons (Fsp3) is 0.500. The lowest BCUT2D eigenvalue weighted by atomic mass is 10.1. The number of anilines is 1. The molecule has 0 radical (unpaired) electrons. The lowest BCUT2D eigenvalue weighted by molar-refractivity contribution is -0.360. The summed E-state index contributed by atoms with van der Waals surface area (Å²) in [5, 5.41) is 21.1. The highest BCUT2D eigenvalue weighted by Gasteiger charge is 2.57. The lowest BCUT2D eigenvalue weighted by Crippen LogP contribution is -2.44. The van der Waals surface area contributed by atoms with Crippen LogP contribution in [0, 0.1) is 0 Å². The predicted octanol–water partition coefficient (Wildman–Crippen LogP) is -0.298. The molecule has 14 heavy (non-hydrogen) atoms. The molecule has 0 amide bonds. The lowest BCUT2D eigenvalue weighted by Gasteiger charge is -2.24. The van der Waals surface area contributed by atoms with Gasteiger partial charge in [0.15, 0.2) is 0 Å². The third kappa shape index (κ3) is 1.42. The van der Waals surface area contributed by atoms with Gasteiger partial charge < -0.3 is 15.9 Å². The van der Waals surface area contributed by atoms with Gasteiger partial charge in [0.2, 0.25) is 0 Å². The van der Waals surface area contributed by atoms with Crippen LogP contribution in [0.2, 0.25) is 0 Å². The molecule has 0 bridgehead atoms. The average Bonchev–Trinajstić information content (AvgIpc) is 2.28. The highest BCUT2D eigenvalue weighted by atomic mass is 19.4. The largest absolute Gasteiger partial charge is 0.449 e. The van der Waals surface area contributed by atoms with Gasteiger partial charge in [-0.1, -0.05) is 0 Å². The van der Waals surface area contributed by atoms with Crippen molar-refractivity contribution in [1.82, 2.24) is 9.78 Å². The van der Waals surface area contributed by atoms with Crippen LogP contribution in [0.15, 0.2) is 6.20 Å². The Bertz CT molecular complexity index is 325. The number of halogens is 3. The number of rotatable bonds is 1. The molecule has 0 saturated carbocycles. The summed E-state index contributed by atoms with van der Waals surface area (Å²) in [7, 11) is 1.12. The van der Waals surface area contributed by atoms with Crippen LogP contribution in [0.3, 0.4) is 0 Å². The minimum absolute atomic E-state index is 0.435. The van der Waals surface area contributed by atoms with Gasteiger partial charge in [-0.05, 0) is 0 Å². The summed E-state index contributed by atoms with van der Waals surface area (Å²) >= 11 is 0. The van der Waals surface area contributed by atoms with Crippen molar-refractivity contribution in [2.75, 3.05) is 5.73 Å². The fourth-order valence-corrected chi connectivity index (χ4v) is 1.02. The molecule has 0 spiro atoms. The molecule has 0 unspecified atom stereocenters. The van der Waals surface area contributed by atoms with Crippen LogP contribution in [-0.2, 0) is 12.8 Å². The van der Waals surface area contributed by atoms with Gasteiger partial charge in [0.1, 0.15) is 5.69 Å². The van der Waals surface area contributed by atoms with Gasteiger partial charge in [-0.25, -0.2) is 0 Å². The minimum atomic E-state index is -5.23. The van der Waals surface area contributed by atoms with Crippen molar-refractivity contribution in [2.45, 2.75) is 12.0 Å². The molecule has 0 aliphatic rings. The van der Waals surface area contributed by atoms with Crippen molar-refractivity contribution in [3.05, 3.63) is 11.9 Å². The molecular formula is C6H8F3N3O2. The smallest absolute Gasteiger partial charge is 0.396 e. The van der Waals surface area contributed by atoms with E-state index in [1.165, 1.54) is 0 Å². The van der Waals surface area contributed by atoms with Crippen LogP contribution in [0.25, 0.3) is 0 Å². The van der Waals surface area contributed by atoms with Crippen molar-refractivity contribution < 1.29 is 23.4 Å². The third-order valence-corrected chi connectivity index (χ3v) is 1.69. The van der Waals surface area contributed by atoms with Gasteiger partial charge in [-0.2, -0.15) is 18.3 Å². The molecule has 5 nitrogen and oxygen atoms in total. The Labute approximate surface area is 76.6 Å². The molecule has 0 aromatic carbocycles. The SMILES string of the molecule is Cn1ncc(N)c1C(O)(O)C(F)(F)F. The molecule has 0 fully saturated rings. The Hall–Kier alpha value is -1.28. The molecule has 8 heteroatoms. The zero-order valence-corrected chi connectivity index (χ0v) is 7.08. The first kappa shape index (κ1) is 10.8. The maximum absolute atomic E-state index is 12.2. The molecule has 1 aromatic rings. The van der Waals surface area contributed by atoms with E-state index in [2.05, 4.69) is 5.10 Å². The minimum Gasteiger partial charge on any atom is -0.396 e. The summed E-state index contributed by atoms with van der Waals surface area (Å²) in [6.07, 6.45) is -4.32. The first-order valence-electron chi connectivity index (χ1n) is 3.47. The first-order valence-corrected chi connectivity index (χ1v) is 3.47. The summed E-state index contributed by atoms with van der Waals surface area (Å²) in [6.45, 7) is 0. The summed E-state index contributed by atoms with van der Waals surface area (Å²) in [6, 6.07) is 0. The molecule has 0 saturated heterocycles. The Kier molecular flexibility index (Phi) is 2.20. The van der Waals surface area contributed by atoms with Crippen molar-refractivity contribution in [1.29, 1.82) is 0 Å². The van der Waals surface area contributed by atoms with E-state index < -0.39 is 23.3 Å². The second-order valence-corrected chi connectivity index (χ2v) is 2.74. The summed E-state index contributed by atoms with van der Waals surface area (Å²) in [5.74, 6) is -3.98. The van der Waals surface area contributed by atoms with E-state index in [0.717, 1.165) is 13.2 Å². The van der Waals surface area contributed by atoms with Crippen molar-refractivity contribution >= 4 is 5.69 Å². The normalized spacial score (nSPS) is 13.3. The number of alkyl halides is 3. The molecule has 0 aliphatic carbocycles. The van der Waals surface area contributed by atoms with Gasteiger partial charge in [0.05, 0.1) is 11.9 Å². The standard InChI is InChI=1S/C6H8F3N3O2/c1-12-4(3(10)2-11-12)5(13,14)6(7,8)9/h2,13-14H,10H2,1H3. The maximum Gasteiger partial charge on any atom is 0.449 e. The van der Waals surface area contributed by atoms with E-state index in [4.69, 9.17) is 15.9 Å². The van der Waals surface area contributed by atoms with Crippen molar-refractivity contribution in [3.8, 4) is 0 Å². The van der Waals surface area contributed by atoms with Crippen molar-refractivity contribution in [3.63, 3.8) is 0 Å². The quantitative estimate of drug-likeness (QED) is 0.557. The number of hydrogen-bond acceptors (Lipinski definition) is 4. The molecule has 0 atom stereocenters. The number of aromatic nitrogens is 2. The van der Waals surface area contributed by atoms with E-state index in [1.807, 2.05) is 0 Å². The van der Waals surface area contributed by atoms with E-state index in [-0.39, 0.29) is 0 Å². The Morgan fingerprint density at radius 1 is 1.43 bits per heavy atom. The van der Waals surface area contributed by atoms with E-state index >= 15 is 0 Å². The number of aliphatic hydroxyl groups is 2. The van der Waals surface area contributed by atoms with E-state index in [0.29, 0.717) is 4.68 Å². The number of nitrogens with zero attached hydrogens (tertiary/aromatic N) is 2. The van der Waals surface area contributed by atoms with Crippen LogP contribution >= 0.6 is 0 Å². The molecule has 1 aromatic heterocycles. The fourth-order valence-electron chi connectivity index (χ4n) is 1.02. The molecular weight excluding hydrogens is 203 g/mol. The van der Waals surface area contributed by atoms with Crippen LogP contribution in [0.5, 0.6) is 0 Å². The van der Waals surface area contributed by atoms with Crippen LogP contribution < -0.4 is 5.73 Å². The van der Waals surface area contributed by atoms with Crippen LogP contribution in [0.1, 0.15) is 5.69 Å². The summed E-state index contributed by atoms with van der Waals surface area (Å²) in [5.41, 5.74) is 3.79. The summed E-state index contributed by atoms with van der Waals surface area (Å²) < 4.78 is 37.1. The Morgan fingerprint density at radius 3 is 2.21 bits per heavy atom. The second kappa shape index (κ2) is 2.85. The van der Waals surface area contributed by atoms with Crippen LogP contribution in [0.4, 0.5) is 18.9 Å². The predicted molar refractivity (Wildman–Crippen MR) is 39.8 cm³/mol. The highest BCUT2D eigenvalue weighted by Crippen LogP contribution is 2.38.